The Labute approximate surface area is 231 Å². The highest BCUT2D eigenvalue weighted by molar-refractivity contribution is 14.1. The van der Waals surface area contributed by atoms with Crippen LogP contribution in [0.4, 0.5) is 11.4 Å². The van der Waals surface area contributed by atoms with Crippen LogP contribution in [-0.4, -0.2) is 21.8 Å². The van der Waals surface area contributed by atoms with Crippen LogP contribution in [0.25, 0.3) is 6.08 Å². The van der Waals surface area contributed by atoms with Gasteiger partial charge in [-0.2, -0.15) is 0 Å². The number of carbonyl (C=O) groups is 1. The van der Waals surface area contributed by atoms with Crippen LogP contribution in [0.5, 0.6) is 11.5 Å². The SMILES string of the molecule is CCOc1cc(/C=C2/SC(=S)N(c3ccccc3C)C2=O)cc(I)c1OCc1ccc([N+](=O)[O-])cc1. The molecule has 1 aliphatic heterocycles. The smallest absolute Gasteiger partial charge is 0.270 e. The van der Waals surface area contributed by atoms with Crippen molar-refractivity contribution in [1.29, 1.82) is 0 Å². The summed E-state index contributed by atoms with van der Waals surface area (Å²) in [5, 5.41) is 10.9. The van der Waals surface area contributed by atoms with Gasteiger partial charge < -0.3 is 9.47 Å². The van der Waals surface area contributed by atoms with E-state index in [9.17, 15) is 14.9 Å². The zero-order valence-corrected chi connectivity index (χ0v) is 23.2. The molecule has 10 heteroatoms. The molecule has 0 saturated carbocycles. The fraction of sp³-hybridized carbons (Fsp3) is 0.154. The zero-order valence-electron chi connectivity index (χ0n) is 19.4. The van der Waals surface area contributed by atoms with E-state index < -0.39 is 4.92 Å². The summed E-state index contributed by atoms with van der Waals surface area (Å²) in [7, 11) is 0. The van der Waals surface area contributed by atoms with Crippen molar-refractivity contribution < 1.29 is 19.2 Å². The van der Waals surface area contributed by atoms with E-state index in [4.69, 9.17) is 21.7 Å². The average Bonchev–Trinajstić information content (AvgIpc) is 3.12. The molecule has 1 saturated heterocycles. The number of anilines is 1. The quantitative estimate of drug-likeness (QED) is 0.0880. The molecule has 3 aromatic rings. The van der Waals surface area contributed by atoms with E-state index in [1.807, 2.05) is 56.3 Å². The third-order valence-electron chi connectivity index (χ3n) is 5.31. The van der Waals surface area contributed by atoms with Gasteiger partial charge in [0.25, 0.3) is 11.6 Å². The molecule has 7 nitrogen and oxygen atoms in total. The van der Waals surface area contributed by atoms with Gasteiger partial charge in [0.2, 0.25) is 0 Å². The van der Waals surface area contributed by atoms with Crippen LogP contribution < -0.4 is 14.4 Å². The Balaban J connectivity index is 1.58. The third kappa shape index (κ3) is 5.71. The normalized spacial score (nSPS) is 14.4. The largest absolute Gasteiger partial charge is 0.490 e. The van der Waals surface area contributed by atoms with E-state index in [-0.39, 0.29) is 18.2 Å². The summed E-state index contributed by atoms with van der Waals surface area (Å²) >= 11 is 8.95. The lowest BCUT2D eigenvalue weighted by atomic mass is 10.1. The number of carbonyl (C=O) groups excluding carboxylic acids is 1. The minimum atomic E-state index is -0.436. The lowest BCUT2D eigenvalue weighted by molar-refractivity contribution is -0.384. The third-order valence-corrected chi connectivity index (χ3v) is 7.41. The number of nitrogens with zero attached hydrogens (tertiary/aromatic N) is 2. The second kappa shape index (κ2) is 11.4. The van der Waals surface area contributed by atoms with Crippen molar-refractivity contribution in [3.8, 4) is 11.5 Å². The summed E-state index contributed by atoms with van der Waals surface area (Å²) < 4.78 is 13.2. The second-order valence-electron chi connectivity index (χ2n) is 7.78. The molecular weight excluding hydrogens is 611 g/mol. The molecule has 184 valence electrons. The Morgan fingerprint density at radius 1 is 1.14 bits per heavy atom. The maximum atomic E-state index is 13.2. The Morgan fingerprint density at radius 2 is 1.86 bits per heavy atom. The number of hydrogen-bond donors (Lipinski definition) is 0. The van der Waals surface area contributed by atoms with Crippen LogP contribution in [0.2, 0.25) is 0 Å². The van der Waals surface area contributed by atoms with Gasteiger partial charge in [-0.1, -0.05) is 42.2 Å². The highest BCUT2D eigenvalue weighted by Gasteiger charge is 2.34. The van der Waals surface area contributed by atoms with Crippen molar-refractivity contribution in [3.63, 3.8) is 0 Å². The number of ether oxygens (including phenoxy) is 2. The zero-order chi connectivity index (χ0) is 25.8. The van der Waals surface area contributed by atoms with Crippen molar-refractivity contribution in [2.75, 3.05) is 11.5 Å². The molecule has 1 amide bonds. The highest BCUT2D eigenvalue weighted by Crippen LogP contribution is 2.40. The number of thiocarbonyl (C=S) groups is 1. The van der Waals surface area contributed by atoms with E-state index in [0.717, 1.165) is 25.9 Å². The van der Waals surface area contributed by atoms with Crippen LogP contribution in [0.1, 0.15) is 23.6 Å². The monoisotopic (exact) mass is 632 g/mol. The Hall–Kier alpha value is -2.96. The predicted octanol–water partition coefficient (Wildman–Crippen LogP) is 6.89. The van der Waals surface area contributed by atoms with Gasteiger partial charge in [0.1, 0.15) is 6.61 Å². The first kappa shape index (κ1) is 26.1. The number of benzene rings is 3. The predicted molar refractivity (Wildman–Crippen MR) is 155 cm³/mol. The van der Waals surface area contributed by atoms with Crippen LogP contribution in [0.3, 0.4) is 0 Å². The molecular formula is C26H21IN2O5S2. The van der Waals surface area contributed by atoms with E-state index >= 15 is 0 Å². The summed E-state index contributed by atoms with van der Waals surface area (Å²) in [5.74, 6) is 0.957. The number of rotatable bonds is 8. The van der Waals surface area contributed by atoms with Gasteiger partial charge in [0, 0.05) is 12.1 Å². The number of para-hydroxylation sites is 1. The van der Waals surface area contributed by atoms with Gasteiger partial charge in [-0.25, -0.2) is 0 Å². The van der Waals surface area contributed by atoms with Gasteiger partial charge in [-0.05, 0) is 89.5 Å². The molecule has 0 atom stereocenters. The summed E-state index contributed by atoms with van der Waals surface area (Å²) in [6.45, 7) is 4.49. The molecule has 0 aromatic heterocycles. The Morgan fingerprint density at radius 3 is 2.53 bits per heavy atom. The number of amides is 1. The number of nitro groups is 1. The van der Waals surface area contributed by atoms with Crippen molar-refractivity contribution in [1.82, 2.24) is 0 Å². The van der Waals surface area contributed by atoms with E-state index in [2.05, 4.69) is 22.6 Å². The van der Waals surface area contributed by atoms with Crippen LogP contribution in [0.15, 0.2) is 65.6 Å². The van der Waals surface area contributed by atoms with Crippen molar-refractivity contribution in [3.05, 3.63) is 95.9 Å². The number of hydrogen-bond acceptors (Lipinski definition) is 7. The van der Waals surface area contributed by atoms with Gasteiger partial charge in [-0.3, -0.25) is 19.8 Å². The van der Waals surface area contributed by atoms with Crippen LogP contribution in [-0.2, 0) is 11.4 Å². The fourth-order valence-electron chi connectivity index (χ4n) is 3.58. The molecule has 1 fully saturated rings. The molecule has 1 heterocycles. The first-order valence-electron chi connectivity index (χ1n) is 10.9. The lowest BCUT2D eigenvalue weighted by Gasteiger charge is -2.17. The maximum Gasteiger partial charge on any atom is 0.270 e. The topological polar surface area (TPSA) is 81.9 Å². The molecule has 0 spiro atoms. The number of non-ortho nitro benzene ring substituents is 1. The minimum Gasteiger partial charge on any atom is -0.490 e. The van der Waals surface area contributed by atoms with Crippen LogP contribution in [0, 0.1) is 20.6 Å². The number of nitro benzene ring substituents is 1. The van der Waals surface area contributed by atoms with Crippen molar-refractivity contribution in [2.24, 2.45) is 0 Å². The Kier molecular flexibility index (Phi) is 8.27. The molecule has 0 N–H and O–H groups in total. The summed E-state index contributed by atoms with van der Waals surface area (Å²) in [6.07, 6.45) is 1.81. The maximum absolute atomic E-state index is 13.2. The standard InChI is InChI=1S/C26H21IN2O5S2/c1-3-33-22-13-18(12-20(27)24(22)34-15-17-8-10-19(11-9-17)29(31)32)14-23-25(30)28(26(35)36-23)21-7-5-4-6-16(21)2/h4-14H,3,15H2,1-2H3/b23-14+. The highest BCUT2D eigenvalue weighted by atomic mass is 127. The number of halogens is 1. The number of aryl methyl sites for hydroxylation is 1. The van der Waals surface area contributed by atoms with Gasteiger partial charge in [0.05, 0.1) is 25.7 Å². The molecule has 0 radical (unpaired) electrons. The average molecular weight is 633 g/mol. The van der Waals surface area contributed by atoms with Crippen molar-refractivity contribution >= 4 is 74.2 Å². The first-order chi connectivity index (χ1) is 17.3. The molecule has 3 aromatic carbocycles. The molecule has 4 rings (SSSR count). The van der Waals surface area contributed by atoms with Gasteiger partial charge in [0.15, 0.2) is 15.8 Å². The first-order valence-corrected chi connectivity index (χ1v) is 13.2. The summed E-state index contributed by atoms with van der Waals surface area (Å²) in [4.78, 5) is 25.7. The lowest BCUT2D eigenvalue weighted by Crippen LogP contribution is -2.28. The van der Waals surface area contributed by atoms with E-state index in [1.165, 1.54) is 23.9 Å². The van der Waals surface area contributed by atoms with Crippen molar-refractivity contribution in [2.45, 2.75) is 20.5 Å². The number of thioether (sulfide) groups is 1. The minimum absolute atomic E-state index is 0.0283. The molecule has 0 unspecified atom stereocenters. The molecule has 36 heavy (non-hydrogen) atoms. The summed E-state index contributed by atoms with van der Waals surface area (Å²) in [5.41, 5.74) is 3.36. The molecule has 1 aliphatic rings. The second-order valence-corrected chi connectivity index (χ2v) is 10.6. The molecule has 0 bridgehead atoms. The molecule has 0 aliphatic carbocycles. The fourth-order valence-corrected chi connectivity index (χ4v) is 5.65. The van der Waals surface area contributed by atoms with Gasteiger partial charge >= 0.3 is 0 Å². The van der Waals surface area contributed by atoms with E-state index in [1.54, 1.807) is 17.0 Å². The van der Waals surface area contributed by atoms with Gasteiger partial charge in [-0.15, -0.1) is 0 Å². The van der Waals surface area contributed by atoms with E-state index in [0.29, 0.717) is 27.3 Å². The Bertz CT molecular complexity index is 1380. The summed E-state index contributed by atoms with van der Waals surface area (Å²) in [6, 6.07) is 17.6. The van der Waals surface area contributed by atoms with Crippen LogP contribution >= 0.6 is 46.6 Å².